The molecule has 1 aromatic carbocycles. The van der Waals surface area contributed by atoms with Crippen LogP contribution in [0.2, 0.25) is 0 Å². The highest BCUT2D eigenvalue weighted by Gasteiger charge is 2.37. The molecule has 0 radical (unpaired) electrons. The van der Waals surface area contributed by atoms with E-state index in [9.17, 15) is 9.90 Å². The van der Waals surface area contributed by atoms with E-state index in [-0.39, 0.29) is 24.7 Å². The fourth-order valence-electron chi connectivity index (χ4n) is 4.25. The third-order valence-electron chi connectivity index (χ3n) is 6.42. The normalized spacial score (nSPS) is 23.2. The average molecular weight is 395 g/mol. The molecule has 1 fully saturated rings. The standard InChI is InChI=1S/C23H30N4O2/c1-14-6-5-7-15(2)20(14)11-24-21-10-18(23(29)26-9-8-19(26)13-28)12-27-17(4)16(3)25-22(21)27/h5-7,10,12,19,22,24-25,28H,8-9,11,13H2,1-4H3. The van der Waals surface area contributed by atoms with Crippen LogP contribution < -0.4 is 10.6 Å². The molecule has 2 unspecified atom stereocenters. The Balaban J connectivity index is 1.60. The molecule has 154 valence electrons. The number of likely N-dealkylation sites (tertiary alicyclic amines) is 1. The van der Waals surface area contributed by atoms with Crippen LogP contribution in [0.3, 0.4) is 0 Å². The van der Waals surface area contributed by atoms with Crippen molar-refractivity contribution in [3.63, 3.8) is 0 Å². The van der Waals surface area contributed by atoms with Crippen LogP contribution in [-0.4, -0.2) is 46.2 Å². The number of benzene rings is 1. The zero-order valence-electron chi connectivity index (χ0n) is 17.6. The first kappa shape index (κ1) is 19.6. The molecule has 3 aliphatic heterocycles. The minimum atomic E-state index is -0.0596. The van der Waals surface area contributed by atoms with Gasteiger partial charge in [-0.2, -0.15) is 0 Å². The zero-order chi connectivity index (χ0) is 20.7. The average Bonchev–Trinajstić information content (AvgIpc) is 2.95. The summed E-state index contributed by atoms with van der Waals surface area (Å²) in [6.45, 7) is 9.81. The van der Waals surface area contributed by atoms with Crippen LogP contribution in [-0.2, 0) is 11.3 Å². The summed E-state index contributed by atoms with van der Waals surface area (Å²) < 4.78 is 0. The summed E-state index contributed by atoms with van der Waals surface area (Å²) in [5.74, 6) is -0.0162. The molecule has 6 nitrogen and oxygen atoms in total. The number of aliphatic hydroxyl groups is 1. The summed E-state index contributed by atoms with van der Waals surface area (Å²) in [5, 5.41) is 16.6. The molecule has 0 saturated carbocycles. The second-order valence-electron chi connectivity index (χ2n) is 8.20. The molecule has 1 saturated heterocycles. The number of hydrogen-bond acceptors (Lipinski definition) is 5. The van der Waals surface area contributed by atoms with Gasteiger partial charge >= 0.3 is 0 Å². The highest BCUT2D eigenvalue weighted by Crippen LogP contribution is 2.31. The molecule has 3 aliphatic rings. The number of hydrogen-bond donors (Lipinski definition) is 3. The first-order chi connectivity index (χ1) is 13.9. The molecule has 0 bridgehead atoms. The Labute approximate surface area is 172 Å². The topological polar surface area (TPSA) is 67.8 Å². The van der Waals surface area contributed by atoms with Crippen molar-refractivity contribution in [1.82, 2.24) is 20.4 Å². The van der Waals surface area contributed by atoms with E-state index in [1.807, 2.05) is 12.3 Å². The molecule has 4 rings (SSSR count). The number of nitrogens with zero attached hydrogens (tertiary/aromatic N) is 2. The lowest BCUT2D eigenvalue weighted by Crippen LogP contribution is -2.54. The quantitative estimate of drug-likeness (QED) is 0.715. The van der Waals surface area contributed by atoms with Crippen LogP contribution in [0.5, 0.6) is 0 Å². The Kier molecular flexibility index (Phi) is 5.13. The molecule has 6 heteroatoms. The predicted octanol–water partition coefficient (Wildman–Crippen LogP) is 2.25. The molecule has 2 atom stereocenters. The van der Waals surface area contributed by atoms with Crippen LogP contribution >= 0.6 is 0 Å². The number of carbonyl (C=O) groups excluding carboxylic acids is 1. The SMILES string of the molecule is CC1=C(C)N2C=C(C(=O)N3CCC3CO)C=C(NCc3c(C)cccc3C)C2N1. The molecule has 29 heavy (non-hydrogen) atoms. The fraction of sp³-hybridized carbons (Fsp3) is 0.435. The summed E-state index contributed by atoms with van der Waals surface area (Å²) in [6, 6.07) is 6.27. The summed E-state index contributed by atoms with van der Waals surface area (Å²) in [6.07, 6.45) is 4.73. The Morgan fingerprint density at radius 2 is 1.97 bits per heavy atom. The first-order valence-corrected chi connectivity index (χ1v) is 10.3. The number of nitrogens with one attached hydrogen (secondary N) is 2. The highest BCUT2D eigenvalue weighted by molar-refractivity contribution is 5.97. The summed E-state index contributed by atoms with van der Waals surface area (Å²) in [5.41, 5.74) is 7.65. The lowest BCUT2D eigenvalue weighted by atomic mass is 10.00. The van der Waals surface area contributed by atoms with Gasteiger partial charge in [0.05, 0.1) is 23.9 Å². The fourth-order valence-corrected chi connectivity index (χ4v) is 4.25. The third kappa shape index (κ3) is 3.42. The maximum Gasteiger partial charge on any atom is 0.255 e. The molecule has 0 spiro atoms. The number of aliphatic hydroxyl groups excluding tert-OH is 1. The first-order valence-electron chi connectivity index (χ1n) is 10.3. The Hall–Kier alpha value is -2.73. The number of fused-ring (bicyclic) bond motifs is 1. The Morgan fingerprint density at radius 1 is 1.24 bits per heavy atom. The molecule has 1 aromatic rings. The maximum atomic E-state index is 13.1. The summed E-state index contributed by atoms with van der Waals surface area (Å²) in [4.78, 5) is 17.0. The minimum absolute atomic E-state index is 0.0162. The van der Waals surface area contributed by atoms with Crippen LogP contribution in [0, 0.1) is 13.8 Å². The van der Waals surface area contributed by atoms with Crippen LogP contribution in [0.4, 0.5) is 0 Å². The van der Waals surface area contributed by atoms with E-state index in [1.165, 1.54) is 16.7 Å². The van der Waals surface area contributed by atoms with Crippen molar-refractivity contribution < 1.29 is 9.90 Å². The predicted molar refractivity (Wildman–Crippen MR) is 113 cm³/mol. The van der Waals surface area contributed by atoms with Crippen molar-refractivity contribution >= 4 is 5.91 Å². The van der Waals surface area contributed by atoms with Gasteiger partial charge in [0.1, 0.15) is 6.17 Å². The molecule has 3 N–H and O–H groups in total. The van der Waals surface area contributed by atoms with Crippen LogP contribution in [0.25, 0.3) is 0 Å². The van der Waals surface area contributed by atoms with E-state index in [0.717, 1.165) is 23.5 Å². The van der Waals surface area contributed by atoms with E-state index in [2.05, 4.69) is 61.4 Å². The van der Waals surface area contributed by atoms with Gasteiger partial charge < -0.3 is 25.5 Å². The summed E-state index contributed by atoms with van der Waals surface area (Å²) >= 11 is 0. The minimum Gasteiger partial charge on any atom is -0.394 e. The Bertz CT molecular complexity index is 909. The van der Waals surface area contributed by atoms with Crippen molar-refractivity contribution in [2.24, 2.45) is 0 Å². The van der Waals surface area contributed by atoms with Crippen molar-refractivity contribution in [3.8, 4) is 0 Å². The van der Waals surface area contributed by atoms with E-state index in [1.54, 1.807) is 4.90 Å². The summed E-state index contributed by atoms with van der Waals surface area (Å²) in [7, 11) is 0. The third-order valence-corrected chi connectivity index (χ3v) is 6.42. The number of allylic oxidation sites excluding steroid dienone is 2. The number of rotatable bonds is 5. The molecule has 3 heterocycles. The molecule has 0 aromatic heterocycles. The van der Waals surface area contributed by atoms with E-state index in [0.29, 0.717) is 18.7 Å². The second-order valence-corrected chi connectivity index (χ2v) is 8.20. The Morgan fingerprint density at radius 3 is 2.59 bits per heavy atom. The van der Waals surface area contributed by atoms with Gasteiger partial charge in [0.25, 0.3) is 5.91 Å². The van der Waals surface area contributed by atoms with Gasteiger partial charge in [-0.05, 0) is 56.9 Å². The number of amides is 1. The highest BCUT2D eigenvalue weighted by atomic mass is 16.3. The van der Waals surface area contributed by atoms with Gasteiger partial charge in [0, 0.05) is 30.7 Å². The molecular weight excluding hydrogens is 364 g/mol. The maximum absolute atomic E-state index is 13.1. The monoisotopic (exact) mass is 394 g/mol. The van der Waals surface area contributed by atoms with Gasteiger partial charge in [-0.1, -0.05) is 18.2 Å². The van der Waals surface area contributed by atoms with Gasteiger partial charge in [-0.15, -0.1) is 0 Å². The second kappa shape index (κ2) is 7.59. The van der Waals surface area contributed by atoms with E-state index in [4.69, 9.17) is 0 Å². The smallest absolute Gasteiger partial charge is 0.255 e. The molecule has 1 amide bonds. The van der Waals surface area contributed by atoms with Crippen molar-refractivity contribution in [2.45, 2.75) is 52.9 Å². The van der Waals surface area contributed by atoms with Crippen molar-refractivity contribution in [1.29, 1.82) is 0 Å². The van der Waals surface area contributed by atoms with E-state index < -0.39 is 0 Å². The van der Waals surface area contributed by atoms with Crippen LogP contribution in [0.1, 0.15) is 37.0 Å². The van der Waals surface area contributed by atoms with Crippen LogP contribution in [0.15, 0.2) is 53.1 Å². The lowest BCUT2D eigenvalue weighted by Gasteiger charge is -2.41. The van der Waals surface area contributed by atoms with Gasteiger partial charge in [0.2, 0.25) is 0 Å². The van der Waals surface area contributed by atoms with Gasteiger partial charge in [-0.3, -0.25) is 4.79 Å². The number of aryl methyl sites for hydroxylation is 2. The number of carbonyl (C=O) groups is 1. The van der Waals surface area contributed by atoms with E-state index >= 15 is 0 Å². The molecular formula is C23H30N4O2. The molecule has 0 aliphatic carbocycles. The lowest BCUT2D eigenvalue weighted by molar-refractivity contribution is -0.135. The van der Waals surface area contributed by atoms with Crippen molar-refractivity contribution in [3.05, 3.63) is 69.8 Å². The largest absolute Gasteiger partial charge is 0.394 e. The van der Waals surface area contributed by atoms with Gasteiger partial charge in [-0.25, -0.2) is 0 Å². The van der Waals surface area contributed by atoms with Gasteiger partial charge in [0.15, 0.2) is 0 Å². The van der Waals surface area contributed by atoms with Crippen molar-refractivity contribution in [2.75, 3.05) is 13.2 Å². The zero-order valence-corrected chi connectivity index (χ0v) is 17.6.